The van der Waals surface area contributed by atoms with Crippen LogP contribution < -0.4 is 0 Å². The van der Waals surface area contributed by atoms with E-state index in [-0.39, 0.29) is 0 Å². The van der Waals surface area contributed by atoms with E-state index in [4.69, 9.17) is 4.98 Å². The summed E-state index contributed by atoms with van der Waals surface area (Å²) in [5.74, 6) is 0. The third-order valence-electron chi connectivity index (χ3n) is 7.22. The smallest absolute Gasteiger partial charge is 0.125 e. The molecule has 0 unspecified atom stereocenters. The summed E-state index contributed by atoms with van der Waals surface area (Å²) in [7, 11) is 0. The van der Waals surface area contributed by atoms with Gasteiger partial charge in [-0.2, -0.15) is 0 Å². The molecule has 0 aliphatic carbocycles. The van der Waals surface area contributed by atoms with Crippen LogP contribution in [0.25, 0.3) is 64.9 Å². The number of para-hydroxylation sites is 3. The molecule has 4 heteroatoms. The number of benzene rings is 5. The van der Waals surface area contributed by atoms with Crippen LogP contribution in [0, 0.1) is 0 Å². The van der Waals surface area contributed by atoms with Gasteiger partial charge in [0.15, 0.2) is 0 Å². The fourth-order valence-electron chi connectivity index (χ4n) is 5.68. The first-order valence-electron chi connectivity index (χ1n) is 12.4. The molecule has 0 atom stereocenters. The van der Waals surface area contributed by atoms with E-state index >= 15 is 0 Å². The Hall–Kier alpha value is -4.67. The zero-order valence-corrected chi connectivity index (χ0v) is 20.7. The minimum absolute atomic E-state index is 1.03. The molecule has 0 radical (unpaired) electrons. The molecule has 8 rings (SSSR count). The van der Waals surface area contributed by atoms with Crippen LogP contribution in [0.4, 0.5) is 0 Å². The number of nitrogens with zero attached hydrogens (tertiary/aromatic N) is 3. The van der Waals surface area contributed by atoms with Crippen molar-refractivity contribution in [2.24, 2.45) is 0 Å². The van der Waals surface area contributed by atoms with Gasteiger partial charge in [-0.05, 0) is 30.3 Å². The normalized spacial score (nSPS) is 11.8. The molecule has 0 N–H and O–H groups in total. The van der Waals surface area contributed by atoms with Crippen LogP contribution in [-0.4, -0.2) is 14.1 Å². The third kappa shape index (κ3) is 2.97. The van der Waals surface area contributed by atoms with Gasteiger partial charge in [0.1, 0.15) is 10.0 Å². The van der Waals surface area contributed by atoms with Crippen molar-refractivity contribution in [3.63, 3.8) is 0 Å². The predicted octanol–water partition coefficient (Wildman–Crippen LogP) is 9.00. The van der Waals surface area contributed by atoms with Crippen molar-refractivity contribution in [1.82, 2.24) is 14.1 Å². The van der Waals surface area contributed by atoms with Gasteiger partial charge in [-0.25, -0.2) is 4.98 Å². The van der Waals surface area contributed by atoms with Gasteiger partial charge in [0, 0.05) is 32.8 Å². The lowest BCUT2D eigenvalue weighted by atomic mass is 10.1. The maximum atomic E-state index is 4.84. The van der Waals surface area contributed by atoms with E-state index in [0.717, 1.165) is 15.6 Å². The van der Waals surface area contributed by atoms with Crippen LogP contribution in [0.1, 0.15) is 0 Å². The van der Waals surface area contributed by atoms with Gasteiger partial charge in [0.25, 0.3) is 0 Å². The Morgan fingerprint density at radius 1 is 0.514 bits per heavy atom. The summed E-state index contributed by atoms with van der Waals surface area (Å²) in [6.07, 6.45) is 2.02. The molecule has 0 saturated carbocycles. The molecular formula is C33H21N3S. The van der Waals surface area contributed by atoms with Crippen molar-refractivity contribution in [1.29, 1.82) is 0 Å². The number of hydrogen-bond donors (Lipinski definition) is 0. The molecular weight excluding hydrogens is 470 g/mol. The first kappa shape index (κ1) is 20.5. The van der Waals surface area contributed by atoms with Crippen LogP contribution in [0.2, 0.25) is 0 Å². The zero-order valence-electron chi connectivity index (χ0n) is 19.9. The average molecular weight is 492 g/mol. The molecule has 174 valence electrons. The van der Waals surface area contributed by atoms with E-state index in [1.54, 1.807) is 11.3 Å². The maximum absolute atomic E-state index is 4.84. The summed E-state index contributed by atoms with van der Waals surface area (Å²) in [4.78, 5) is 4.84. The Bertz CT molecular complexity index is 2080. The molecule has 0 amide bonds. The lowest BCUT2D eigenvalue weighted by Crippen LogP contribution is -1.93. The number of aromatic nitrogens is 3. The highest BCUT2D eigenvalue weighted by Gasteiger charge is 2.21. The van der Waals surface area contributed by atoms with Crippen LogP contribution in [-0.2, 0) is 0 Å². The first-order chi connectivity index (χ1) is 18.4. The van der Waals surface area contributed by atoms with E-state index in [2.05, 4.69) is 124 Å². The van der Waals surface area contributed by atoms with E-state index in [9.17, 15) is 0 Å². The molecule has 3 heterocycles. The van der Waals surface area contributed by atoms with Gasteiger partial charge in [-0.1, -0.05) is 102 Å². The Labute approximate surface area is 217 Å². The van der Waals surface area contributed by atoms with Crippen LogP contribution in [0.5, 0.6) is 0 Å². The molecule has 0 spiro atoms. The van der Waals surface area contributed by atoms with E-state index < -0.39 is 0 Å². The number of hydrogen-bond acceptors (Lipinski definition) is 2. The van der Waals surface area contributed by atoms with Crippen molar-refractivity contribution in [2.45, 2.75) is 0 Å². The van der Waals surface area contributed by atoms with E-state index in [1.165, 1.54) is 49.3 Å². The Kier molecular flexibility index (Phi) is 4.39. The fourth-order valence-corrected chi connectivity index (χ4v) is 6.62. The second kappa shape index (κ2) is 7.92. The molecule has 8 aromatic rings. The molecule has 0 bridgehead atoms. The Morgan fingerprint density at radius 2 is 1.16 bits per heavy atom. The Morgan fingerprint density at radius 3 is 1.95 bits per heavy atom. The summed E-state index contributed by atoms with van der Waals surface area (Å²) in [6, 6.07) is 43.1. The molecule has 3 nitrogen and oxygen atoms in total. The van der Waals surface area contributed by atoms with Gasteiger partial charge in [-0.15, -0.1) is 0 Å². The molecule has 5 aromatic carbocycles. The van der Waals surface area contributed by atoms with Gasteiger partial charge in [0.05, 0.1) is 28.3 Å². The lowest BCUT2D eigenvalue weighted by Gasteiger charge is -2.08. The molecule has 0 aliphatic heterocycles. The summed E-state index contributed by atoms with van der Waals surface area (Å²) in [5.41, 5.74) is 7.15. The molecule has 3 aromatic heterocycles. The van der Waals surface area contributed by atoms with Crippen LogP contribution in [0.15, 0.2) is 128 Å². The van der Waals surface area contributed by atoms with E-state index in [0.29, 0.717) is 0 Å². The summed E-state index contributed by atoms with van der Waals surface area (Å²) < 4.78 is 4.80. The highest BCUT2D eigenvalue weighted by molar-refractivity contribution is 7.17. The second-order valence-corrected chi connectivity index (χ2v) is 10.3. The summed E-state index contributed by atoms with van der Waals surface area (Å²) in [6.45, 7) is 0. The number of thiazole rings is 1. The van der Waals surface area contributed by atoms with Crippen LogP contribution >= 0.6 is 11.3 Å². The molecule has 37 heavy (non-hydrogen) atoms. The van der Waals surface area contributed by atoms with Gasteiger partial charge in [-0.3, -0.25) is 4.57 Å². The van der Waals surface area contributed by atoms with Crippen LogP contribution in [0.3, 0.4) is 0 Å². The average Bonchev–Trinajstić information content (AvgIpc) is 3.66. The Balaban J connectivity index is 1.54. The minimum atomic E-state index is 1.03. The maximum Gasteiger partial charge on any atom is 0.125 e. The number of fused-ring (bicyclic) bond motifs is 7. The fraction of sp³-hybridized carbons (Fsp3) is 0. The van der Waals surface area contributed by atoms with Crippen molar-refractivity contribution in [2.75, 3.05) is 0 Å². The highest BCUT2D eigenvalue weighted by atomic mass is 32.1. The summed E-state index contributed by atoms with van der Waals surface area (Å²) >= 11 is 1.74. The quantitative estimate of drug-likeness (QED) is 0.242. The highest BCUT2D eigenvalue weighted by Crippen LogP contribution is 2.43. The first-order valence-corrected chi connectivity index (χ1v) is 13.2. The van der Waals surface area contributed by atoms with Crippen molar-refractivity contribution < 1.29 is 0 Å². The minimum Gasteiger partial charge on any atom is -0.309 e. The second-order valence-electron chi connectivity index (χ2n) is 9.27. The SMILES string of the molecule is c1ccc(-c2ncc(-n3c4ccccc4c4ccc5c(c6ccccc6n5-c5ccccc5)c43)s2)cc1. The van der Waals surface area contributed by atoms with Crippen molar-refractivity contribution in [3.05, 3.63) is 128 Å². The monoisotopic (exact) mass is 491 g/mol. The molecule has 0 saturated heterocycles. The van der Waals surface area contributed by atoms with E-state index in [1.807, 2.05) is 12.3 Å². The van der Waals surface area contributed by atoms with Crippen molar-refractivity contribution in [3.8, 4) is 21.3 Å². The lowest BCUT2D eigenvalue weighted by molar-refractivity contribution is 1.18. The predicted molar refractivity (Wildman–Crippen MR) is 156 cm³/mol. The zero-order chi connectivity index (χ0) is 24.3. The van der Waals surface area contributed by atoms with Gasteiger partial charge < -0.3 is 4.57 Å². The summed E-state index contributed by atoms with van der Waals surface area (Å²) in [5, 5.41) is 7.18. The largest absolute Gasteiger partial charge is 0.309 e. The molecule has 0 aliphatic rings. The number of rotatable bonds is 3. The van der Waals surface area contributed by atoms with Crippen molar-refractivity contribution >= 4 is 54.9 Å². The molecule has 0 fully saturated rings. The van der Waals surface area contributed by atoms with Gasteiger partial charge in [0.2, 0.25) is 0 Å². The standard InChI is InChI=1S/C33H21N3S/c1-3-11-22(12-4-1)33-34-21-30(37-33)36-27-17-9-7-15-24(27)25-19-20-29-31(32(25)36)26-16-8-10-18-28(26)35(29)23-13-5-2-6-14-23/h1-21H. The van der Waals surface area contributed by atoms with Gasteiger partial charge >= 0.3 is 0 Å². The topological polar surface area (TPSA) is 22.8 Å². The third-order valence-corrected chi connectivity index (χ3v) is 8.25.